The molecule has 0 saturated heterocycles. The first-order valence-corrected chi connectivity index (χ1v) is 5.15. The minimum atomic E-state index is 0.356. The second-order valence-corrected chi connectivity index (χ2v) is 4.03. The Morgan fingerprint density at radius 2 is 2.13 bits per heavy atom. The zero-order valence-electron chi connectivity index (χ0n) is 8.21. The van der Waals surface area contributed by atoms with Crippen LogP contribution in [0.3, 0.4) is 0 Å². The average molecular weight is 221 g/mol. The van der Waals surface area contributed by atoms with Crippen molar-refractivity contribution in [1.82, 2.24) is 14.5 Å². The first kappa shape index (κ1) is 9.85. The summed E-state index contributed by atoms with van der Waals surface area (Å²) in [5, 5.41) is 1.66. The predicted octanol–water partition coefficient (Wildman–Crippen LogP) is 1.13. The van der Waals surface area contributed by atoms with E-state index in [0.29, 0.717) is 11.5 Å². The topological polar surface area (TPSA) is 82.8 Å². The lowest BCUT2D eigenvalue weighted by Gasteiger charge is -2.03. The second kappa shape index (κ2) is 3.82. The van der Waals surface area contributed by atoms with Gasteiger partial charge in [0, 0.05) is 19.4 Å². The molecule has 78 valence electrons. The maximum Gasteiger partial charge on any atom is 0.174 e. The van der Waals surface area contributed by atoms with Crippen LogP contribution in [0.25, 0.3) is 0 Å². The molecular weight excluding hydrogens is 210 g/mol. The highest BCUT2D eigenvalue weighted by atomic mass is 32.2. The molecule has 0 aliphatic rings. The molecule has 6 heteroatoms. The van der Waals surface area contributed by atoms with Crippen LogP contribution in [0, 0.1) is 0 Å². The fourth-order valence-corrected chi connectivity index (χ4v) is 1.85. The molecule has 0 fully saturated rings. The molecule has 0 atom stereocenters. The molecule has 0 bridgehead atoms. The van der Waals surface area contributed by atoms with E-state index < -0.39 is 0 Å². The molecule has 0 unspecified atom stereocenters. The van der Waals surface area contributed by atoms with Crippen LogP contribution in [0.4, 0.5) is 11.5 Å². The number of anilines is 2. The Morgan fingerprint density at radius 1 is 1.33 bits per heavy atom. The van der Waals surface area contributed by atoms with Crippen LogP contribution < -0.4 is 11.5 Å². The van der Waals surface area contributed by atoms with Gasteiger partial charge < -0.3 is 16.0 Å². The number of imidazole rings is 1. The molecule has 2 aromatic heterocycles. The van der Waals surface area contributed by atoms with Crippen LogP contribution >= 0.6 is 11.8 Å². The highest BCUT2D eigenvalue weighted by Crippen LogP contribution is 2.26. The molecule has 15 heavy (non-hydrogen) atoms. The van der Waals surface area contributed by atoms with E-state index in [0.717, 1.165) is 10.2 Å². The number of hydrogen-bond donors (Lipinski definition) is 2. The largest absolute Gasteiger partial charge is 0.396 e. The quantitative estimate of drug-likeness (QED) is 0.794. The zero-order chi connectivity index (χ0) is 10.8. The minimum absolute atomic E-state index is 0.356. The molecule has 4 N–H and O–H groups in total. The van der Waals surface area contributed by atoms with E-state index in [9.17, 15) is 0 Å². The first-order chi connectivity index (χ1) is 7.16. The summed E-state index contributed by atoms with van der Waals surface area (Å²) >= 11 is 1.45. The third-order valence-corrected chi connectivity index (χ3v) is 2.92. The van der Waals surface area contributed by atoms with Crippen molar-refractivity contribution in [1.29, 1.82) is 0 Å². The maximum absolute atomic E-state index is 5.61. The van der Waals surface area contributed by atoms with Gasteiger partial charge in [-0.1, -0.05) is 0 Å². The van der Waals surface area contributed by atoms with Crippen molar-refractivity contribution in [3.05, 3.63) is 24.5 Å². The van der Waals surface area contributed by atoms with Crippen molar-refractivity contribution in [3.63, 3.8) is 0 Å². The molecule has 0 radical (unpaired) electrons. The van der Waals surface area contributed by atoms with E-state index in [1.807, 2.05) is 23.9 Å². The molecule has 2 rings (SSSR count). The molecule has 0 aliphatic heterocycles. The molecule has 2 aromatic rings. The number of hydrogen-bond acceptors (Lipinski definition) is 5. The summed E-state index contributed by atoms with van der Waals surface area (Å²) in [6.07, 6.45) is 3.62. The van der Waals surface area contributed by atoms with E-state index in [1.54, 1.807) is 12.3 Å². The summed E-state index contributed by atoms with van der Waals surface area (Å²) in [5.74, 6) is 0.356. The van der Waals surface area contributed by atoms with E-state index in [2.05, 4.69) is 9.97 Å². The molecule has 2 heterocycles. The summed E-state index contributed by atoms with van der Waals surface area (Å²) in [6, 6.07) is 3.57. The van der Waals surface area contributed by atoms with Gasteiger partial charge in [-0.2, -0.15) is 0 Å². The fourth-order valence-electron chi connectivity index (χ4n) is 1.07. The lowest BCUT2D eigenvalue weighted by atomic mass is 10.4. The molecule has 0 spiro atoms. The van der Waals surface area contributed by atoms with Crippen LogP contribution in [0.15, 0.2) is 34.7 Å². The van der Waals surface area contributed by atoms with Gasteiger partial charge in [-0.25, -0.2) is 9.97 Å². The number of aryl methyl sites for hydroxylation is 1. The fraction of sp³-hybridized carbons (Fsp3) is 0.111. The Hall–Kier alpha value is -1.69. The van der Waals surface area contributed by atoms with Gasteiger partial charge >= 0.3 is 0 Å². The van der Waals surface area contributed by atoms with E-state index in [-0.39, 0.29) is 0 Å². The molecule has 0 aliphatic carbocycles. The van der Waals surface area contributed by atoms with Crippen molar-refractivity contribution in [2.45, 2.75) is 10.2 Å². The Bertz CT molecular complexity index is 479. The minimum Gasteiger partial charge on any atom is -0.396 e. The van der Waals surface area contributed by atoms with Gasteiger partial charge in [0.1, 0.15) is 10.8 Å². The van der Waals surface area contributed by atoms with Crippen molar-refractivity contribution in [2.75, 3.05) is 11.5 Å². The van der Waals surface area contributed by atoms with Crippen LogP contribution in [-0.2, 0) is 7.05 Å². The number of aromatic nitrogens is 3. The van der Waals surface area contributed by atoms with Gasteiger partial charge in [-0.15, -0.1) is 0 Å². The van der Waals surface area contributed by atoms with Crippen molar-refractivity contribution in [3.8, 4) is 0 Å². The van der Waals surface area contributed by atoms with Gasteiger partial charge in [0.2, 0.25) is 0 Å². The smallest absolute Gasteiger partial charge is 0.174 e. The SMILES string of the molecule is Cn1ccnc1Sc1ccc(N)c(N)n1. The zero-order valence-corrected chi connectivity index (χ0v) is 9.03. The number of nitrogens with two attached hydrogens (primary N) is 2. The lowest BCUT2D eigenvalue weighted by Crippen LogP contribution is -1.98. The molecule has 5 nitrogen and oxygen atoms in total. The Labute approximate surface area is 91.5 Å². The van der Waals surface area contributed by atoms with Crippen LogP contribution in [0.1, 0.15) is 0 Å². The monoisotopic (exact) mass is 221 g/mol. The van der Waals surface area contributed by atoms with Crippen LogP contribution in [-0.4, -0.2) is 14.5 Å². The number of nitrogen functional groups attached to an aromatic ring is 2. The lowest BCUT2D eigenvalue weighted by molar-refractivity contribution is 0.789. The van der Waals surface area contributed by atoms with Crippen LogP contribution in [0.5, 0.6) is 0 Å². The highest BCUT2D eigenvalue weighted by Gasteiger charge is 2.05. The Morgan fingerprint density at radius 3 is 2.73 bits per heavy atom. The number of pyridine rings is 1. The Balaban J connectivity index is 2.25. The first-order valence-electron chi connectivity index (χ1n) is 4.34. The summed E-state index contributed by atoms with van der Waals surface area (Å²) in [4.78, 5) is 8.33. The number of nitrogens with zero attached hydrogens (tertiary/aromatic N) is 3. The Kier molecular flexibility index (Phi) is 2.51. The normalized spacial score (nSPS) is 10.5. The summed E-state index contributed by atoms with van der Waals surface area (Å²) in [7, 11) is 1.93. The third-order valence-electron chi connectivity index (χ3n) is 1.90. The maximum atomic E-state index is 5.61. The van der Waals surface area contributed by atoms with Crippen molar-refractivity contribution in [2.24, 2.45) is 7.05 Å². The van der Waals surface area contributed by atoms with Gasteiger partial charge in [0.15, 0.2) is 5.16 Å². The molecule has 0 amide bonds. The number of rotatable bonds is 2. The van der Waals surface area contributed by atoms with E-state index >= 15 is 0 Å². The molecule has 0 aromatic carbocycles. The average Bonchev–Trinajstić information content (AvgIpc) is 2.59. The summed E-state index contributed by atoms with van der Waals surface area (Å²) in [5.41, 5.74) is 11.7. The summed E-state index contributed by atoms with van der Waals surface area (Å²) in [6.45, 7) is 0. The van der Waals surface area contributed by atoms with Crippen molar-refractivity contribution >= 4 is 23.3 Å². The molecule has 0 saturated carbocycles. The van der Waals surface area contributed by atoms with Crippen molar-refractivity contribution < 1.29 is 0 Å². The van der Waals surface area contributed by atoms with E-state index in [1.165, 1.54) is 11.8 Å². The van der Waals surface area contributed by atoms with Gasteiger partial charge in [-0.3, -0.25) is 0 Å². The van der Waals surface area contributed by atoms with E-state index in [4.69, 9.17) is 11.5 Å². The highest BCUT2D eigenvalue weighted by molar-refractivity contribution is 7.99. The van der Waals surface area contributed by atoms with Crippen LogP contribution in [0.2, 0.25) is 0 Å². The van der Waals surface area contributed by atoms with Gasteiger partial charge in [-0.05, 0) is 23.9 Å². The van der Waals surface area contributed by atoms with Gasteiger partial charge in [0.05, 0.1) is 5.69 Å². The second-order valence-electron chi connectivity index (χ2n) is 3.05. The van der Waals surface area contributed by atoms with Gasteiger partial charge in [0.25, 0.3) is 0 Å². The molecular formula is C9H11N5S. The summed E-state index contributed by atoms with van der Waals surface area (Å²) < 4.78 is 1.92. The standard InChI is InChI=1S/C9H11N5S/c1-14-5-4-12-9(14)15-7-3-2-6(10)8(11)13-7/h2-5H,10H2,1H3,(H2,11,13). The predicted molar refractivity (Wildman–Crippen MR) is 60.4 cm³/mol. The third kappa shape index (κ3) is 2.04.